The number of halogens is 1. The van der Waals surface area contributed by atoms with Gasteiger partial charge in [0.05, 0.1) is 17.2 Å². The Hall–Kier alpha value is -0.0000000000000000555. The van der Waals surface area contributed by atoms with Crippen molar-refractivity contribution in [2.75, 3.05) is 12.8 Å². The molecular formula is C11H20BrN3S. The van der Waals surface area contributed by atoms with Crippen LogP contribution in [0.3, 0.4) is 0 Å². The van der Waals surface area contributed by atoms with E-state index in [4.69, 9.17) is 0 Å². The molecule has 0 radical (unpaired) electrons. The number of aromatic nitrogens is 2. The first-order valence-electron chi connectivity index (χ1n) is 5.39. The monoisotopic (exact) mass is 305 g/mol. The first-order valence-corrected chi connectivity index (χ1v) is 7.41. The van der Waals surface area contributed by atoms with Crippen LogP contribution in [-0.4, -0.2) is 33.4 Å². The highest BCUT2D eigenvalue weighted by Gasteiger charge is 2.16. The summed E-state index contributed by atoms with van der Waals surface area (Å²) >= 11 is 5.28. The fourth-order valence-corrected chi connectivity index (χ4v) is 1.83. The van der Waals surface area contributed by atoms with Crippen LogP contribution >= 0.6 is 27.7 Å². The van der Waals surface area contributed by atoms with Crippen LogP contribution in [0.4, 0.5) is 0 Å². The standard InChI is InChI=1S/C11H20BrN3S/c1-9(13-8-11(2,3)16-4)6-15-7-10(12)5-14-15/h5,7,9,13H,6,8H2,1-4H3. The molecule has 16 heavy (non-hydrogen) atoms. The predicted octanol–water partition coefficient (Wildman–Crippen LogP) is 2.77. The average molecular weight is 306 g/mol. The maximum absolute atomic E-state index is 4.24. The van der Waals surface area contributed by atoms with Crippen LogP contribution in [-0.2, 0) is 6.54 Å². The molecule has 0 aromatic carbocycles. The maximum Gasteiger partial charge on any atom is 0.0632 e. The molecule has 1 heterocycles. The zero-order chi connectivity index (χ0) is 12.2. The Morgan fingerprint density at radius 3 is 2.81 bits per heavy atom. The quantitative estimate of drug-likeness (QED) is 0.876. The normalized spacial score (nSPS) is 14.1. The number of rotatable bonds is 6. The Bertz CT molecular complexity index is 325. The highest BCUT2D eigenvalue weighted by Crippen LogP contribution is 2.19. The van der Waals surface area contributed by atoms with Gasteiger partial charge in [-0.1, -0.05) is 0 Å². The van der Waals surface area contributed by atoms with E-state index in [1.54, 1.807) is 0 Å². The summed E-state index contributed by atoms with van der Waals surface area (Å²) in [4.78, 5) is 0. The van der Waals surface area contributed by atoms with Crippen molar-refractivity contribution in [2.45, 2.75) is 38.1 Å². The molecule has 0 aliphatic rings. The lowest BCUT2D eigenvalue weighted by molar-refractivity contribution is 0.435. The molecular weight excluding hydrogens is 286 g/mol. The SMILES string of the molecule is CSC(C)(C)CNC(C)Cn1cc(Br)cn1. The van der Waals surface area contributed by atoms with Gasteiger partial charge in [0.25, 0.3) is 0 Å². The molecule has 0 saturated carbocycles. The average Bonchev–Trinajstić information content (AvgIpc) is 2.61. The van der Waals surface area contributed by atoms with E-state index in [0.717, 1.165) is 17.6 Å². The molecule has 0 aliphatic heterocycles. The number of nitrogens with zero attached hydrogens (tertiary/aromatic N) is 2. The Balaban J connectivity index is 2.34. The van der Waals surface area contributed by atoms with Crippen molar-refractivity contribution < 1.29 is 0 Å². The predicted molar refractivity (Wildman–Crippen MR) is 75.0 cm³/mol. The first-order chi connectivity index (χ1) is 7.43. The summed E-state index contributed by atoms with van der Waals surface area (Å²) in [7, 11) is 0. The van der Waals surface area contributed by atoms with E-state index in [-0.39, 0.29) is 0 Å². The van der Waals surface area contributed by atoms with Gasteiger partial charge in [-0.15, -0.1) is 0 Å². The Kier molecular flexibility index (Phi) is 5.34. The zero-order valence-electron chi connectivity index (χ0n) is 10.3. The fourth-order valence-electron chi connectivity index (χ4n) is 1.28. The molecule has 1 unspecified atom stereocenters. The fraction of sp³-hybridized carbons (Fsp3) is 0.727. The van der Waals surface area contributed by atoms with Crippen molar-refractivity contribution in [1.29, 1.82) is 0 Å². The lowest BCUT2D eigenvalue weighted by Gasteiger charge is -2.25. The van der Waals surface area contributed by atoms with Crippen molar-refractivity contribution in [3.05, 3.63) is 16.9 Å². The van der Waals surface area contributed by atoms with E-state index in [0.29, 0.717) is 10.8 Å². The second-order valence-corrected chi connectivity index (χ2v) is 7.06. The van der Waals surface area contributed by atoms with Crippen LogP contribution in [0.2, 0.25) is 0 Å². The minimum atomic E-state index is 0.291. The second-order valence-electron chi connectivity index (χ2n) is 4.63. The van der Waals surface area contributed by atoms with Gasteiger partial charge in [-0.25, -0.2) is 0 Å². The summed E-state index contributed by atoms with van der Waals surface area (Å²) in [5, 5.41) is 7.78. The summed E-state index contributed by atoms with van der Waals surface area (Å²) < 4.78 is 3.27. The van der Waals surface area contributed by atoms with E-state index in [1.165, 1.54) is 0 Å². The summed E-state index contributed by atoms with van der Waals surface area (Å²) in [6.45, 7) is 8.60. The highest BCUT2D eigenvalue weighted by atomic mass is 79.9. The van der Waals surface area contributed by atoms with Crippen LogP contribution < -0.4 is 5.32 Å². The first kappa shape index (κ1) is 14.1. The Morgan fingerprint density at radius 1 is 1.62 bits per heavy atom. The van der Waals surface area contributed by atoms with Crippen LogP contribution in [0, 0.1) is 0 Å². The van der Waals surface area contributed by atoms with Crippen LogP contribution in [0.25, 0.3) is 0 Å². The molecule has 0 bridgehead atoms. The van der Waals surface area contributed by atoms with Gasteiger partial charge in [0.2, 0.25) is 0 Å². The van der Waals surface area contributed by atoms with Gasteiger partial charge in [-0.3, -0.25) is 4.68 Å². The Labute approximate surface area is 110 Å². The third kappa shape index (κ3) is 4.89. The van der Waals surface area contributed by atoms with Gasteiger partial charge in [0, 0.05) is 23.5 Å². The minimum Gasteiger partial charge on any atom is -0.311 e. The van der Waals surface area contributed by atoms with Crippen molar-refractivity contribution >= 4 is 27.7 Å². The van der Waals surface area contributed by atoms with Gasteiger partial charge in [-0.05, 0) is 43.0 Å². The maximum atomic E-state index is 4.24. The molecule has 1 atom stereocenters. The van der Waals surface area contributed by atoms with Gasteiger partial charge in [0.15, 0.2) is 0 Å². The summed E-state index contributed by atoms with van der Waals surface area (Å²) in [6.07, 6.45) is 5.97. The van der Waals surface area contributed by atoms with Gasteiger partial charge < -0.3 is 5.32 Å². The zero-order valence-corrected chi connectivity index (χ0v) is 12.7. The van der Waals surface area contributed by atoms with Crippen molar-refractivity contribution in [2.24, 2.45) is 0 Å². The lowest BCUT2D eigenvalue weighted by Crippen LogP contribution is -2.39. The van der Waals surface area contributed by atoms with Gasteiger partial charge in [0.1, 0.15) is 0 Å². The Morgan fingerprint density at radius 2 is 2.31 bits per heavy atom. The highest BCUT2D eigenvalue weighted by molar-refractivity contribution is 9.10. The third-order valence-corrected chi connectivity index (χ3v) is 4.15. The number of nitrogens with one attached hydrogen (secondary N) is 1. The molecule has 3 nitrogen and oxygen atoms in total. The molecule has 5 heteroatoms. The van der Waals surface area contributed by atoms with Gasteiger partial charge in [-0.2, -0.15) is 16.9 Å². The largest absolute Gasteiger partial charge is 0.311 e. The van der Waals surface area contributed by atoms with E-state index in [9.17, 15) is 0 Å². The summed E-state index contributed by atoms with van der Waals surface area (Å²) in [6, 6.07) is 0.429. The van der Waals surface area contributed by atoms with Crippen molar-refractivity contribution in [3.63, 3.8) is 0 Å². The molecule has 92 valence electrons. The third-order valence-electron chi connectivity index (χ3n) is 2.49. The van der Waals surface area contributed by atoms with E-state index in [1.807, 2.05) is 28.8 Å². The molecule has 0 aliphatic carbocycles. The minimum absolute atomic E-state index is 0.291. The van der Waals surface area contributed by atoms with Crippen LogP contribution in [0.15, 0.2) is 16.9 Å². The molecule has 0 saturated heterocycles. The molecule has 0 spiro atoms. The molecule has 0 amide bonds. The van der Waals surface area contributed by atoms with Gasteiger partial charge >= 0.3 is 0 Å². The lowest BCUT2D eigenvalue weighted by atomic mass is 10.2. The molecule has 0 fully saturated rings. The molecule has 1 rings (SSSR count). The molecule has 1 N–H and O–H groups in total. The number of thioether (sulfide) groups is 1. The second kappa shape index (κ2) is 6.07. The molecule has 1 aromatic rings. The summed E-state index contributed by atoms with van der Waals surface area (Å²) in [5.41, 5.74) is 0. The smallest absolute Gasteiger partial charge is 0.0632 e. The topological polar surface area (TPSA) is 29.9 Å². The number of hydrogen-bond donors (Lipinski definition) is 1. The van der Waals surface area contributed by atoms with Crippen LogP contribution in [0.5, 0.6) is 0 Å². The van der Waals surface area contributed by atoms with E-state index in [2.05, 4.69) is 53.4 Å². The van der Waals surface area contributed by atoms with Crippen molar-refractivity contribution in [3.8, 4) is 0 Å². The van der Waals surface area contributed by atoms with E-state index >= 15 is 0 Å². The summed E-state index contributed by atoms with van der Waals surface area (Å²) in [5.74, 6) is 0. The van der Waals surface area contributed by atoms with E-state index < -0.39 is 0 Å². The molecule has 1 aromatic heterocycles. The van der Waals surface area contributed by atoms with Crippen molar-refractivity contribution in [1.82, 2.24) is 15.1 Å². The van der Waals surface area contributed by atoms with Crippen LogP contribution in [0.1, 0.15) is 20.8 Å². The number of hydrogen-bond acceptors (Lipinski definition) is 3.